The molecule has 1 N–H and O–H groups in total. The van der Waals surface area contributed by atoms with E-state index in [1.807, 2.05) is 13.8 Å². The van der Waals surface area contributed by atoms with Crippen molar-refractivity contribution in [2.45, 2.75) is 37.6 Å². The number of carbonyl (C=O) groups excluding carboxylic acids is 1. The molecule has 150 valence electrons. The minimum absolute atomic E-state index is 0.108. The summed E-state index contributed by atoms with van der Waals surface area (Å²) in [5.74, 6) is -0.480. The largest absolute Gasteiger partial charge is 0.352 e. The van der Waals surface area contributed by atoms with Crippen molar-refractivity contribution in [1.82, 2.24) is 5.32 Å². The first kappa shape index (κ1) is 21.4. The molecule has 1 atom stereocenters. The molecule has 0 aromatic heterocycles. The summed E-state index contributed by atoms with van der Waals surface area (Å²) in [5.41, 5.74) is -0.290. The first-order valence-electron chi connectivity index (χ1n) is 8.88. The van der Waals surface area contributed by atoms with Gasteiger partial charge in [0.2, 0.25) is 5.91 Å². The lowest BCUT2D eigenvalue weighted by Gasteiger charge is -2.24. The molecule has 8 nitrogen and oxygen atoms in total. The Kier molecular flexibility index (Phi) is 7.11. The molecular weight excluding hydrogens is 382 g/mol. The van der Waals surface area contributed by atoms with Crippen LogP contribution >= 0.6 is 0 Å². The van der Waals surface area contributed by atoms with Gasteiger partial charge in [-0.25, -0.2) is 8.42 Å². The van der Waals surface area contributed by atoms with Crippen molar-refractivity contribution < 1.29 is 18.1 Å². The zero-order valence-electron chi connectivity index (χ0n) is 15.7. The molecule has 0 saturated heterocycles. The zero-order valence-corrected chi connectivity index (χ0v) is 16.6. The molecule has 2 aromatic rings. The molecular formula is C19H23N3O5S. The topological polar surface area (TPSA) is 110 Å². The average molecular weight is 405 g/mol. The van der Waals surface area contributed by atoms with Crippen molar-refractivity contribution in [3.63, 3.8) is 0 Å². The van der Waals surface area contributed by atoms with Crippen LogP contribution in [0.3, 0.4) is 0 Å². The van der Waals surface area contributed by atoms with Gasteiger partial charge >= 0.3 is 0 Å². The summed E-state index contributed by atoms with van der Waals surface area (Å²) in [6, 6.07) is 13.0. The van der Waals surface area contributed by atoms with E-state index in [-0.39, 0.29) is 11.7 Å². The third-order valence-corrected chi connectivity index (χ3v) is 5.91. The second kappa shape index (κ2) is 9.32. The number of anilines is 1. The predicted octanol–water partition coefficient (Wildman–Crippen LogP) is 3.09. The Morgan fingerprint density at radius 1 is 1.14 bits per heavy atom. The number of sulfonamides is 1. The van der Waals surface area contributed by atoms with E-state index in [4.69, 9.17) is 0 Å². The molecule has 28 heavy (non-hydrogen) atoms. The van der Waals surface area contributed by atoms with Crippen molar-refractivity contribution in [3.8, 4) is 0 Å². The van der Waals surface area contributed by atoms with Gasteiger partial charge in [0.15, 0.2) is 4.90 Å². The average Bonchev–Trinajstić information content (AvgIpc) is 2.66. The van der Waals surface area contributed by atoms with Crippen LogP contribution in [0.25, 0.3) is 0 Å². The Bertz CT molecular complexity index is 932. The van der Waals surface area contributed by atoms with Crippen molar-refractivity contribution in [2.24, 2.45) is 0 Å². The summed E-state index contributed by atoms with van der Waals surface area (Å²) in [7, 11) is -4.34. The van der Waals surface area contributed by atoms with Crippen LogP contribution in [0.15, 0.2) is 59.5 Å². The third-order valence-electron chi connectivity index (χ3n) is 4.09. The van der Waals surface area contributed by atoms with Gasteiger partial charge in [0.25, 0.3) is 15.7 Å². The van der Waals surface area contributed by atoms with Crippen LogP contribution < -0.4 is 9.62 Å². The van der Waals surface area contributed by atoms with Gasteiger partial charge in [-0.1, -0.05) is 43.7 Å². The van der Waals surface area contributed by atoms with Crippen LogP contribution in [0.5, 0.6) is 0 Å². The molecule has 0 saturated carbocycles. The van der Waals surface area contributed by atoms with Gasteiger partial charge in [0.1, 0.15) is 6.54 Å². The highest BCUT2D eigenvalue weighted by atomic mass is 32.2. The molecule has 0 aliphatic heterocycles. The van der Waals surface area contributed by atoms with E-state index in [0.717, 1.165) is 23.2 Å². The SMILES string of the molecule is CCC[C@H](C)NC(=O)CN(c1ccccc1)S(=O)(=O)c1ccccc1[N+](=O)[O-]. The van der Waals surface area contributed by atoms with Crippen LogP contribution in [-0.2, 0) is 14.8 Å². The van der Waals surface area contributed by atoms with Crippen molar-refractivity contribution in [2.75, 3.05) is 10.8 Å². The highest BCUT2D eigenvalue weighted by Gasteiger charge is 2.33. The van der Waals surface area contributed by atoms with E-state index in [9.17, 15) is 23.3 Å². The maximum Gasteiger partial charge on any atom is 0.289 e. The number of carbonyl (C=O) groups is 1. The van der Waals surface area contributed by atoms with Crippen molar-refractivity contribution >= 4 is 27.3 Å². The summed E-state index contributed by atoms with van der Waals surface area (Å²) in [6.45, 7) is 3.34. The Hall–Kier alpha value is -2.94. The molecule has 1 amide bonds. The van der Waals surface area contributed by atoms with Gasteiger partial charge in [-0.2, -0.15) is 0 Å². The van der Waals surface area contributed by atoms with Gasteiger partial charge in [0.05, 0.1) is 10.6 Å². The molecule has 0 unspecified atom stereocenters. The van der Waals surface area contributed by atoms with E-state index >= 15 is 0 Å². The molecule has 2 aromatic carbocycles. The van der Waals surface area contributed by atoms with Crippen LogP contribution in [-0.4, -0.2) is 31.8 Å². The van der Waals surface area contributed by atoms with E-state index in [0.29, 0.717) is 0 Å². The Balaban J connectivity index is 2.45. The van der Waals surface area contributed by atoms with Crippen LogP contribution in [0.4, 0.5) is 11.4 Å². The van der Waals surface area contributed by atoms with Gasteiger partial charge < -0.3 is 5.32 Å². The van der Waals surface area contributed by atoms with Crippen LogP contribution in [0.1, 0.15) is 26.7 Å². The Morgan fingerprint density at radius 3 is 2.36 bits per heavy atom. The zero-order chi connectivity index (χ0) is 20.7. The quantitative estimate of drug-likeness (QED) is 0.509. The Morgan fingerprint density at radius 2 is 1.75 bits per heavy atom. The number of nitrogens with zero attached hydrogens (tertiary/aromatic N) is 2. The lowest BCUT2D eigenvalue weighted by Crippen LogP contribution is -2.43. The highest BCUT2D eigenvalue weighted by Crippen LogP contribution is 2.29. The molecule has 0 bridgehead atoms. The summed E-state index contributed by atoms with van der Waals surface area (Å²) >= 11 is 0. The van der Waals surface area contributed by atoms with Crippen LogP contribution in [0, 0.1) is 10.1 Å². The molecule has 0 spiro atoms. The minimum atomic E-state index is -4.34. The summed E-state index contributed by atoms with van der Waals surface area (Å²) in [4.78, 5) is 22.6. The van der Waals surface area contributed by atoms with Gasteiger partial charge in [0, 0.05) is 12.1 Å². The molecule has 0 aliphatic carbocycles. The van der Waals surface area contributed by atoms with E-state index in [1.54, 1.807) is 18.2 Å². The number of para-hydroxylation sites is 2. The van der Waals surface area contributed by atoms with E-state index in [1.165, 1.54) is 30.3 Å². The fraction of sp³-hybridized carbons (Fsp3) is 0.316. The monoisotopic (exact) mass is 405 g/mol. The second-order valence-electron chi connectivity index (χ2n) is 6.33. The van der Waals surface area contributed by atoms with Gasteiger partial charge in [-0.15, -0.1) is 0 Å². The third kappa shape index (κ3) is 5.07. The van der Waals surface area contributed by atoms with Crippen LogP contribution in [0.2, 0.25) is 0 Å². The maximum atomic E-state index is 13.2. The van der Waals surface area contributed by atoms with Gasteiger partial charge in [-0.05, 0) is 31.5 Å². The standard InChI is InChI=1S/C19H23N3O5S/c1-3-9-15(2)20-19(23)14-21(16-10-5-4-6-11-16)28(26,27)18-13-8-7-12-17(18)22(24)25/h4-8,10-13,15H,3,9,14H2,1-2H3,(H,20,23)/t15-/m0/s1. The number of rotatable bonds is 9. The molecule has 0 heterocycles. The van der Waals surface area contributed by atoms with E-state index in [2.05, 4.69) is 5.32 Å². The van der Waals surface area contributed by atoms with Gasteiger partial charge in [-0.3, -0.25) is 19.2 Å². The molecule has 2 rings (SSSR count). The highest BCUT2D eigenvalue weighted by molar-refractivity contribution is 7.93. The fourth-order valence-electron chi connectivity index (χ4n) is 2.81. The predicted molar refractivity (Wildman–Crippen MR) is 107 cm³/mol. The second-order valence-corrected chi connectivity index (χ2v) is 8.16. The number of hydrogen-bond acceptors (Lipinski definition) is 5. The smallest absolute Gasteiger partial charge is 0.289 e. The number of amides is 1. The first-order chi connectivity index (χ1) is 13.3. The molecule has 0 aliphatic rings. The summed E-state index contributed by atoms with van der Waals surface area (Å²) in [5, 5.41) is 14.1. The first-order valence-corrected chi connectivity index (χ1v) is 10.3. The van der Waals surface area contributed by atoms with E-state index < -0.39 is 38.0 Å². The summed E-state index contributed by atoms with van der Waals surface area (Å²) < 4.78 is 27.4. The number of nitro groups is 1. The number of hydrogen-bond donors (Lipinski definition) is 1. The van der Waals surface area contributed by atoms with Crippen molar-refractivity contribution in [3.05, 3.63) is 64.7 Å². The fourth-order valence-corrected chi connectivity index (χ4v) is 4.39. The Labute approximate surface area is 164 Å². The molecule has 9 heteroatoms. The summed E-state index contributed by atoms with van der Waals surface area (Å²) in [6.07, 6.45) is 1.63. The lowest BCUT2D eigenvalue weighted by molar-refractivity contribution is -0.387. The normalized spacial score (nSPS) is 12.2. The number of nitro benzene ring substituents is 1. The number of benzene rings is 2. The molecule has 0 fully saturated rings. The lowest BCUT2D eigenvalue weighted by atomic mass is 10.2. The maximum absolute atomic E-state index is 13.2. The molecule has 0 radical (unpaired) electrons. The number of nitrogens with one attached hydrogen (secondary N) is 1. The van der Waals surface area contributed by atoms with Crippen molar-refractivity contribution in [1.29, 1.82) is 0 Å². The minimum Gasteiger partial charge on any atom is -0.352 e.